The maximum absolute atomic E-state index is 13.1. The van der Waals surface area contributed by atoms with E-state index >= 15 is 0 Å². The zero-order valence-electron chi connectivity index (χ0n) is 15.3. The molecule has 1 saturated heterocycles. The Morgan fingerprint density at radius 3 is 2.68 bits per heavy atom. The van der Waals surface area contributed by atoms with Gasteiger partial charge in [-0.1, -0.05) is 59.8 Å². The fourth-order valence-corrected chi connectivity index (χ4v) is 4.08. The van der Waals surface area contributed by atoms with Gasteiger partial charge in [-0.05, 0) is 42.7 Å². The molecule has 28 heavy (non-hydrogen) atoms. The largest absolute Gasteiger partial charge is 0.285 e. The second-order valence-electron chi connectivity index (χ2n) is 6.21. The van der Waals surface area contributed by atoms with E-state index in [2.05, 4.69) is 16.8 Å². The van der Waals surface area contributed by atoms with Gasteiger partial charge < -0.3 is 0 Å². The highest BCUT2D eigenvalue weighted by Crippen LogP contribution is 2.31. The van der Waals surface area contributed by atoms with E-state index in [0.29, 0.717) is 28.9 Å². The molecule has 0 saturated carbocycles. The predicted molar refractivity (Wildman–Crippen MR) is 114 cm³/mol. The molecule has 1 aliphatic heterocycles. The molecular formula is C21H19ClFN3OS. The summed E-state index contributed by atoms with van der Waals surface area (Å²) in [5, 5.41) is 9.36. The molecule has 0 N–H and O–H groups in total. The van der Waals surface area contributed by atoms with Gasteiger partial charge in [-0.3, -0.25) is 9.69 Å². The summed E-state index contributed by atoms with van der Waals surface area (Å²) in [6.07, 6.45) is 2.17. The average molecular weight is 416 g/mol. The van der Waals surface area contributed by atoms with E-state index in [1.165, 1.54) is 23.9 Å². The minimum Gasteiger partial charge on any atom is -0.285 e. The number of thioether (sulfide) groups is 1. The van der Waals surface area contributed by atoms with Crippen LogP contribution in [0, 0.1) is 5.82 Å². The van der Waals surface area contributed by atoms with Crippen LogP contribution < -0.4 is 0 Å². The number of rotatable bonds is 6. The van der Waals surface area contributed by atoms with Crippen LogP contribution in [0.15, 0.2) is 71.4 Å². The SMILES string of the molecule is C=CCN1C(=O)[C@H](Cc2ccccc2Cl)S/C1=N\N=C(/C)c1ccc(F)cc1. The molecule has 4 nitrogen and oxygen atoms in total. The van der Waals surface area contributed by atoms with Gasteiger partial charge in [0.1, 0.15) is 5.82 Å². The predicted octanol–water partition coefficient (Wildman–Crippen LogP) is 4.93. The molecule has 0 aliphatic carbocycles. The number of carbonyl (C=O) groups is 1. The number of nitrogens with zero attached hydrogens (tertiary/aromatic N) is 3. The molecule has 1 heterocycles. The first-order valence-corrected chi connectivity index (χ1v) is 9.96. The van der Waals surface area contributed by atoms with E-state index < -0.39 is 0 Å². The molecule has 3 rings (SSSR count). The highest BCUT2D eigenvalue weighted by molar-refractivity contribution is 8.15. The summed E-state index contributed by atoms with van der Waals surface area (Å²) in [7, 11) is 0. The summed E-state index contributed by atoms with van der Waals surface area (Å²) in [5.41, 5.74) is 2.32. The summed E-state index contributed by atoms with van der Waals surface area (Å²) >= 11 is 7.60. The highest BCUT2D eigenvalue weighted by Gasteiger charge is 2.37. The number of amides is 1. The normalized spacial score (nSPS) is 18.8. The summed E-state index contributed by atoms with van der Waals surface area (Å²) in [6.45, 7) is 5.86. The Hall–Kier alpha value is -2.44. The second kappa shape index (κ2) is 9.17. The Balaban J connectivity index is 1.82. The van der Waals surface area contributed by atoms with Gasteiger partial charge in [-0.15, -0.1) is 11.7 Å². The quantitative estimate of drug-likeness (QED) is 0.381. The highest BCUT2D eigenvalue weighted by atomic mass is 35.5. The molecular weight excluding hydrogens is 397 g/mol. The van der Waals surface area contributed by atoms with Crippen LogP contribution in [0.2, 0.25) is 5.02 Å². The Morgan fingerprint density at radius 1 is 1.29 bits per heavy atom. The summed E-state index contributed by atoms with van der Waals surface area (Å²) in [6, 6.07) is 13.5. The van der Waals surface area contributed by atoms with Crippen LogP contribution in [0.25, 0.3) is 0 Å². The minimum absolute atomic E-state index is 0.0433. The smallest absolute Gasteiger partial charge is 0.242 e. The van der Waals surface area contributed by atoms with Crippen LogP contribution in [-0.4, -0.2) is 33.5 Å². The van der Waals surface area contributed by atoms with E-state index in [4.69, 9.17) is 11.6 Å². The molecule has 7 heteroatoms. The van der Waals surface area contributed by atoms with Crippen molar-refractivity contribution < 1.29 is 9.18 Å². The van der Waals surface area contributed by atoms with Crippen LogP contribution in [0.5, 0.6) is 0 Å². The molecule has 0 bridgehead atoms. The third-order valence-electron chi connectivity index (χ3n) is 4.24. The maximum atomic E-state index is 13.1. The third-order valence-corrected chi connectivity index (χ3v) is 5.78. The van der Waals surface area contributed by atoms with Gasteiger partial charge in [-0.25, -0.2) is 4.39 Å². The maximum Gasteiger partial charge on any atom is 0.242 e. The Labute approximate surface area is 172 Å². The fraction of sp³-hybridized carbons (Fsp3) is 0.190. The Morgan fingerprint density at radius 2 is 2.00 bits per heavy atom. The van der Waals surface area contributed by atoms with Crippen molar-refractivity contribution in [3.8, 4) is 0 Å². The monoisotopic (exact) mass is 415 g/mol. The molecule has 144 valence electrons. The number of halogens is 2. The lowest BCUT2D eigenvalue weighted by Gasteiger charge is -2.13. The van der Waals surface area contributed by atoms with Crippen molar-refractivity contribution >= 4 is 40.1 Å². The van der Waals surface area contributed by atoms with Crippen molar-refractivity contribution in [2.75, 3.05) is 6.54 Å². The van der Waals surface area contributed by atoms with Crippen LogP contribution in [-0.2, 0) is 11.2 Å². The van der Waals surface area contributed by atoms with Crippen molar-refractivity contribution in [3.63, 3.8) is 0 Å². The Kier molecular flexibility index (Phi) is 6.65. The molecule has 1 aliphatic rings. The summed E-state index contributed by atoms with van der Waals surface area (Å²) in [5.74, 6) is -0.349. The lowest BCUT2D eigenvalue weighted by atomic mass is 10.1. The number of benzene rings is 2. The van der Waals surface area contributed by atoms with Crippen LogP contribution in [0.4, 0.5) is 4.39 Å². The fourth-order valence-electron chi connectivity index (χ4n) is 2.74. The number of carbonyl (C=O) groups excluding carboxylic acids is 1. The molecule has 0 radical (unpaired) electrons. The number of hydrogen-bond donors (Lipinski definition) is 0. The zero-order valence-corrected chi connectivity index (χ0v) is 16.9. The van der Waals surface area contributed by atoms with Gasteiger partial charge in [0.25, 0.3) is 0 Å². The topological polar surface area (TPSA) is 45.0 Å². The molecule has 0 unspecified atom stereocenters. The zero-order chi connectivity index (χ0) is 20.1. The number of amidine groups is 1. The van der Waals surface area contributed by atoms with Crippen molar-refractivity contribution in [2.24, 2.45) is 10.2 Å². The first kappa shape index (κ1) is 20.3. The first-order valence-electron chi connectivity index (χ1n) is 8.70. The van der Waals surface area contributed by atoms with Crippen molar-refractivity contribution in [1.29, 1.82) is 0 Å². The van der Waals surface area contributed by atoms with Crippen molar-refractivity contribution in [1.82, 2.24) is 4.90 Å². The molecule has 2 aromatic rings. The third kappa shape index (κ3) is 4.69. The van der Waals surface area contributed by atoms with Crippen molar-refractivity contribution in [3.05, 3.63) is 83.2 Å². The van der Waals surface area contributed by atoms with Crippen LogP contribution in [0.1, 0.15) is 18.1 Å². The van der Waals surface area contributed by atoms with Gasteiger partial charge in [0.05, 0.1) is 11.0 Å². The lowest BCUT2D eigenvalue weighted by Crippen LogP contribution is -2.32. The standard InChI is InChI=1S/C21H19ClFN3OS/c1-3-12-26-20(27)19(13-16-6-4-5-7-18(16)22)28-21(26)25-24-14(2)15-8-10-17(23)11-9-15/h3-11,19H,1,12-13H2,2H3/b24-14+,25-21-/t19-/m0/s1. The average Bonchev–Trinajstić information content (AvgIpc) is 2.98. The van der Waals surface area contributed by atoms with Gasteiger partial charge in [0.15, 0.2) is 5.17 Å². The van der Waals surface area contributed by atoms with Gasteiger partial charge >= 0.3 is 0 Å². The van der Waals surface area contributed by atoms with Crippen LogP contribution in [0.3, 0.4) is 0 Å². The van der Waals surface area contributed by atoms with Crippen molar-refractivity contribution in [2.45, 2.75) is 18.6 Å². The van der Waals surface area contributed by atoms with E-state index in [9.17, 15) is 9.18 Å². The number of hydrogen-bond acceptors (Lipinski definition) is 4. The molecule has 1 amide bonds. The van der Waals surface area contributed by atoms with Gasteiger partial charge in [-0.2, -0.15) is 5.10 Å². The van der Waals surface area contributed by atoms with E-state index in [1.54, 1.807) is 30.0 Å². The minimum atomic E-state index is -0.320. The Bertz CT molecular complexity index is 943. The molecule has 0 aromatic heterocycles. The van der Waals surface area contributed by atoms with Crippen LogP contribution >= 0.6 is 23.4 Å². The first-order chi connectivity index (χ1) is 13.5. The molecule has 0 spiro atoms. The second-order valence-corrected chi connectivity index (χ2v) is 7.79. The van der Waals surface area contributed by atoms with E-state index in [-0.39, 0.29) is 17.0 Å². The summed E-state index contributed by atoms with van der Waals surface area (Å²) in [4.78, 5) is 14.4. The van der Waals surface area contributed by atoms with E-state index in [1.807, 2.05) is 24.3 Å². The summed E-state index contributed by atoms with van der Waals surface area (Å²) < 4.78 is 13.1. The molecule has 2 aromatic carbocycles. The van der Waals surface area contributed by atoms with Gasteiger partial charge in [0, 0.05) is 11.6 Å². The lowest BCUT2D eigenvalue weighted by molar-refractivity contribution is -0.125. The van der Waals surface area contributed by atoms with E-state index in [0.717, 1.165) is 11.1 Å². The molecule has 1 atom stereocenters. The van der Waals surface area contributed by atoms with Gasteiger partial charge in [0.2, 0.25) is 5.91 Å². The molecule has 1 fully saturated rings.